The van der Waals surface area contributed by atoms with Gasteiger partial charge in [0.05, 0.1) is 10.6 Å². The minimum absolute atomic E-state index is 0.0584. The fourth-order valence-electron chi connectivity index (χ4n) is 2.80. The average molecular weight is 395 g/mol. The molecule has 1 amide bonds. The normalized spacial score (nSPS) is 11.1. The number of para-hydroxylation sites is 1. The van der Waals surface area contributed by atoms with Crippen molar-refractivity contribution in [1.29, 1.82) is 0 Å². The third-order valence-electron chi connectivity index (χ3n) is 4.17. The summed E-state index contributed by atoms with van der Waals surface area (Å²) in [6.45, 7) is 3.94. The third-order valence-corrected chi connectivity index (χ3v) is 6.07. The van der Waals surface area contributed by atoms with E-state index in [0.717, 1.165) is 5.56 Å². The molecule has 0 unspecified atom stereocenters. The second kappa shape index (κ2) is 8.22. The number of carbonyl (C=O) groups is 1. The highest BCUT2D eigenvalue weighted by Gasteiger charge is 2.24. The van der Waals surface area contributed by atoms with Crippen LogP contribution >= 0.6 is 0 Å². The molecular weight excluding hydrogens is 374 g/mol. The van der Waals surface area contributed by atoms with Gasteiger partial charge in [0.1, 0.15) is 5.82 Å². The van der Waals surface area contributed by atoms with Gasteiger partial charge in [-0.1, -0.05) is 24.3 Å². The molecule has 1 heterocycles. The fourth-order valence-corrected chi connectivity index (χ4v) is 4.32. The lowest BCUT2D eigenvalue weighted by atomic mass is 10.2. The fraction of sp³-hybridized carbons (Fsp3) is 0.143. The summed E-state index contributed by atoms with van der Waals surface area (Å²) < 4.78 is 27.6. The van der Waals surface area contributed by atoms with E-state index in [4.69, 9.17) is 0 Å². The standard InChI is InChI=1S/C21H21N3O3S/c1-3-24(18-9-5-4-6-10-18)28(26,27)19-11-7-8-17(15-19)21(25)23-20-14-16(2)12-13-22-20/h4-15H,3H2,1-2H3,(H,22,23,25). The zero-order chi connectivity index (χ0) is 20.1. The van der Waals surface area contributed by atoms with Gasteiger partial charge in [-0.05, 0) is 61.9 Å². The largest absolute Gasteiger partial charge is 0.307 e. The topological polar surface area (TPSA) is 79.4 Å². The Labute approximate surface area is 164 Å². The van der Waals surface area contributed by atoms with Crippen LogP contribution in [0.15, 0.2) is 77.8 Å². The highest BCUT2D eigenvalue weighted by atomic mass is 32.2. The van der Waals surface area contributed by atoms with Gasteiger partial charge in [-0.15, -0.1) is 0 Å². The molecule has 0 saturated carbocycles. The van der Waals surface area contributed by atoms with Gasteiger partial charge in [-0.3, -0.25) is 9.10 Å². The quantitative estimate of drug-likeness (QED) is 0.687. The number of benzene rings is 2. The number of carbonyl (C=O) groups excluding carboxylic acids is 1. The van der Waals surface area contributed by atoms with Gasteiger partial charge in [0, 0.05) is 18.3 Å². The van der Waals surface area contributed by atoms with Crippen molar-refractivity contribution < 1.29 is 13.2 Å². The minimum atomic E-state index is -3.80. The molecule has 0 spiro atoms. The number of rotatable bonds is 6. The first kappa shape index (κ1) is 19.6. The predicted molar refractivity (Wildman–Crippen MR) is 110 cm³/mol. The number of aromatic nitrogens is 1. The maximum Gasteiger partial charge on any atom is 0.264 e. The number of aryl methyl sites for hydroxylation is 1. The van der Waals surface area contributed by atoms with Gasteiger partial charge in [0.25, 0.3) is 15.9 Å². The number of sulfonamides is 1. The number of hydrogen-bond donors (Lipinski definition) is 1. The maximum absolute atomic E-state index is 13.1. The SMILES string of the molecule is CCN(c1ccccc1)S(=O)(=O)c1cccc(C(=O)Nc2cc(C)ccn2)c1. The Morgan fingerprint density at radius 3 is 2.46 bits per heavy atom. The van der Waals surface area contributed by atoms with E-state index in [1.165, 1.54) is 16.4 Å². The van der Waals surface area contributed by atoms with E-state index >= 15 is 0 Å². The number of nitrogens with one attached hydrogen (secondary N) is 1. The predicted octanol–water partition coefficient (Wildman–Crippen LogP) is 3.86. The Morgan fingerprint density at radius 1 is 1.04 bits per heavy atom. The first-order valence-electron chi connectivity index (χ1n) is 8.83. The summed E-state index contributed by atoms with van der Waals surface area (Å²) in [6.07, 6.45) is 1.60. The highest BCUT2D eigenvalue weighted by molar-refractivity contribution is 7.92. The van der Waals surface area contributed by atoms with Crippen LogP contribution in [-0.4, -0.2) is 25.9 Å². The van der Waals surface area contributed by atoms with Gasteiger partial charge in [-0.2, -0.15) is 0 Å². The zero-order valence-electron chi connectivity index (χ0n) is 15.7. The summed E-state index contributed by atoms with van der Waals surface area (Å²) in [5, 5.41) is 2.69. The van der Waals surface area contributed by atoms with Gasteiger partial charge in [0.15, 0.2) is 0 Å². The van der Waals surface area contributed by atoms with Crippen LogP contribution in [0.1, 0.15) is 22.8 Å². The maximum atomic E-state index is 13.1. The molecule has 28 heavy (non-hydrogen) atoms. The summed E-state index contributed by atoms with van der Waals surface area (Å²) >= 11 is 0. The van der Waals surface area contributed by atoms with E-state index in [1.807, 2.05) is 19.1 Å². The van der Waals surface area contributed by atoms with Crippen LogP contribution in [0.2, 0.25) is 0 Å². The summed E-state index contributed by atoms with van der Waals surface area (Å²) in [4.78, 5) is 16.7. The summed E-state index contributed by atoms with van der Waals surface area (Å²) in [5.74, 6) is -0.00404. The Morgan fingerprint density at radius 2 is 1.79 bits per heavy atom. The highest BCUT2D eigenvalue weighted by Crippen LogP contribution is 2.24. The monoisotopic (exact) mass is 395 g/mol. The van der Waals surface area contributed by atoms with Gasteiger partial charge < -0.3 is 5.32 Å². The molecule has 3 aromatic rings. The number of pyridine rings is 1. The summed E-state index contributed by atoms with van der Waals surface area (Å²) in [5.41, 5.74) is 1.78. The lowest BCUT2D eigenvalue weighted by Gasteiger charge is -2.23. The van der Waals surface area contributed by atoms with Gasteiger partial charge >= 0.3 is 0 Å². The second-order valence-corrected chi connectivity index (χ2v) is 8.07. The van der Waals surface area contributed by atoms with E-state index in [-0.39, 0.29) is 17.0 Å². The van der Waals surface area contributed by atoms with Gasteiger partial charge in [0.2, 0.25) is 0 Å². The van der Waals surface area contributed by atoms with Crippen molar-refractivity contribution in [2.24, 2.45) is 0 Å². The van der Waals surface area contributed by atoms with Crippen molar-refractivity contribution in [3.63, 3.8) is 0 Å². The molecule has 0 aliphatic carbocycles. The van der Waals surface area contributed by atoms with Crippen LogP contribution in [-0.2, 0) is 10.0 Å². The van der Waals surface area contributed by atoms with Crippen molar-refractivity contribution in [2.75, 3.05) is 16.2 Å². The number of anilines is 2. The van der Waals surface area contributed by atoms with Crippen molar-refractivity contribution >= 4 is 27.4 Å². The summed E-state index contributed by atoms with van der Waals surface area (Å²) in [6, 6.07) is 18.4. The van der Waals surface area contributed by atoms with Crippen LogP contribution < -0.4 is 9.62 Å². The van der Waals surface area contributed by atoms with Crippen LogP contribution in [0.3, 0.4) is 0 Å². The molecule has 0 bridgehead atoms. The lowest BCUT2D eigenvalue weighted by molar-refractivity contribution is 0.102. The van der Waals surface area contributed by atoms with Gasteiger partial charge in [-0.25, -0.2) is 13.4 Å². The minimum Gasteiger partial charge on any atom is -0.307 e. The molecule has 0 saturated heterocycles. The molecule has 144 valence electrons. The Balaban J connectivity index is 1.90. The second-order valence-electron chi connectivity index (χ2n) is 6.21. The van der Waals surface area contributed by atoms with E-state index in [9.17, 15) is 13.2 Å². The molecule has 0 aliphatic rings. The molecule has 3 rings (SSSR count). The molecule has 0 aliphatic heterocycles. The smallest absolute Gasteiger partial charge is 0.264 e. The Kier molecular flexibility index (Phi) is 5.75. The summed E-state index contributed by atoms with van der Waals surface area (Å²) in [7, 11) is -3.80. The van der Waals surface area contributed by atoms with Crippen molar-refractivity contribution in [1.82, 2.24) is 4.98 Å². The molecule has 7 heteroatoms. The zero-order valence-corrected chi connectivity index (χ0v) is 16.5. The molecule has 6 nitrogen and oxygen atoms in total. The molecule has 0 radical (unpaired) electrons. The van der Waals surface area contributed by atoms with Crippen molar-refractivity contribution in [3.8, 4) is 0 Å². The Bertz CT molecular complexity index is 1080. The third kappa shape index (κ3) is 4.20. The van der Waals surface area contributed by atoms with E-state index in [1.54, 1.807) is 55.6 Å². The molecule has 1 N–H and O–H groups in total. The van der Waals surface area contributed by atoms with Crippen LogP contribution in [0.4, 0.5) is 11.5 Å². The van der Waals surface area contributed by atoms with E-state index in [0.29, 0.717) is 11.5 Å². The molecule has 0 atom stereocenters. The number of hydrogen-bond acceptors (Lipinski definition) is 4. The lowest BCUT2D eigenvalue weighted by Crippen LogP contribution is -2.31. The Hall–Kier alpha value is -3.19. The molecule has 1 aromatic heterocycles. The first-order valence-corrected chi connectivity index (χ1v) is 10.3. The number of amides is 1. The van der Waals surface area contributed by atoms with Crippen LogP contribution in [0.25, 0.3) is 0 Å². The van der Waals surface area contributed by atoms with Crippen LogP contribution in [0.5, 0.6) is 0 Å². The molecule has 2 aromatic carbocycles. The van der Waals surface area contributed by atoms with E-state index in [2.05, 4.69) is 10.3 Å². The van der Waals surface area contributed by atoms with Crippen LogP contribution in [0, 0.1) is 6.92 Å². The molecular formula is C21H21N3O3S. The first-order chi connectivity index (χ1) is 13.4. The van der Waals surface area contributed by atoms with Crippen molar-refractivity contribution in [3.05, 3.63) is 84.1 Å². The number of nitrogens with zero attached hydrogens (tertiary/aromatic N) is 2. The average Bonchev–Trinajstić information content (AvgIpc) is 2.69. The molecule has 0 fully saturated rings. The van der Waals surface area contributed by atoms with E-state index < -0.39 is 15.9 Å². The van der Waals surface area contributed by atoms with Crippen molar-refractivity contribution in [2.45, 2.75) is 18.7 Å².